The van der Waals surface area contributed by atoms with Crippen molar-refractivity contribution in [1.82, 2.24) is 5.32 Å². The van der Waals surface area contributed by atoms with E-state index in [1.165, 1.54) is 5.56 Å². The Kier molecular flexibility index (Phi) is 4.34. The molecule has 0 aliphatic carbocycles. The van der Waals surface area contributed by atoms with Crippen molar-refractivity contribution in [3.8, 4) is 0 Å². The molecule has 0 saturated heterocycles. The van der Waals surface area contributed by atoms with Gasteiger partial charge in [-0.15, -0.1) is 0 Å². The SMILES string of the molecule is C[C@@H](NCc1c(Cl)oc2ccccc12)c1cccc(Br)c1. The standard InChI is InChI=1S/C17H15BrClNO/c1-11(12-5-4-6-13(18)9-12)20-10-15-14-7-2-3-8-16(14)21-17(15)19/h2-9,11,20H,10H2,1H3/t11-/m1/s1. The summed E-state index contributed by atoms with van der Waals surface area (Å²) >= 11 is 9.71. The molecule has 2 nitrogen and oxygen atoms in total. The number of fused-ring (bicyclic) bond motifs is 1. The van der Waals surface area contributed by atoms with Crippen molar-refractivity contribution in [2.45, 2.75) is 19.5 Å². The van der Waals surface area contributed by atoms with E-state index in [1.54, 1.807) is 0 Å². The quantitative estimate of drug-likeness (QED) is 0.642. The summed E-state index contributed by atoms with van der Waals surface area (Å²) in [6.07, 6.45) is 0. The molecule has 108 valence electrons. The van der Waals surface area contributed by atoms with Crippen LogP contribution in [0.4, 0.5) is 0 Å². The first-order chi connectivity index (χ1) is 10.1. The van der Waals surface area contributed by atoms with Gasteiger partial charge in [0.25, 0.3) is 0 Å². The second-order valence-corrected chi connectivity index (χ2v) is 6.27. The van der Waals surface area contributed by atoms with Gasteiger partial charge in [-0.25, -0.2) is 0 Å². The first-order valence-electron chi connectivity index (χ1n) is 6.80. The average molecular weight is 365 g/mol. The Bertz CT molecular complexity index is 768. The normalized spacial score (nSPS) is 12.7. The molecule has 3 rings (SSSR count). The van der Waals surface area contributed by atoms with Gasteiger partial charge < -0.3 is 9.73 Å². The van der Waals surface area contributed by atoms with Crippen molar-refractivity contribution in [2.24, 2.45) is 0 Å². The molecule has 21 heavy (non-hydrogen) atoms. The van der Waals surface area contributed by atoms with Crippen LogP contribution in [0.25, 0.3) is 11.0 Å². The third-order valence-electron chi connectivity index (χ3n) is 3.58. The molecule has 0 radical (unpaired) electrons. The van der Waals surface area contributed by atoms with Gasteiger partial charge in [-0.1, -0.05) is 46.3 Å². The molecule has 0 bridgehead atoms. The van der Waals surface area contributed by atoms with Crippen LogP contribution in [0.5, 0.6) is 0 Å². The molecule has 0 unspecified atom stereocenters. The second kappa shape index (κ2) is 6.22. The van der Waals surface area contributed by atoms with Crippen LogP contribution in [0.1, 0.15) is 24.1 Å². The number of benzene rings is 2. The van der Waals surface area contributed by atoms with Gasteiger partial charge in [0.2, 0.25) is 0 Å². The molecule has 2 aromatic carbocycles. The van der Waals surface area contributed by atoms with Gasteiger partial charge in [-0.3, -0.25) is 0 Å². The maximum absolute atomic E-state index is 6.21. The summed E-state index contributed by atoms with van der Waals surface area (Å²) in [6, 6.07) is 16.4. The summed E-state index contributed by atoms with van der Waals surface area (Å²) < 4.78 is 6.66. The Hall–Kier alpha value is -1.29. The third-order valence-corrected chi connectivity index (χ3v) is 4.38. The molecule has 0 fully saturated rings. The Labute approximate surface area is 137 Å². The van der Waals surface area contributed by atoms with E-state index in [0.29, 0.717) is 11.8 Å². The van der Waals surface area contributed by atoms with E-state index in [0.717, 1.165) is 21.0 Å². The number of nitrogens with one attached hydrogen (secondary N) is 1. The molecule has 1 atom stereocenters. The van der Waals surface area contributed by atoms with Gasteiger partial charge in [0, 0.05) is 28.0 Å². The fourth-order valence-corrected chi connectivity index (χ4v) is 3.05. The minimum Gasteiger partial charge on any atom is -0.444 e. The van der Waals surface area contributed by atoms with Gasteiger partial charge in [-0.05, 0) is 42.3 Å². The predicted octanol–water partition coefficient (Wildman–Crippen LogP) is 5.70. The Morgan fingerprint density at radius 2 is 2.00 bits per heavy atom. The molecule has 3 aromatic rings. The minimum absolute atomic E-state index is 0.229. The van der Waals surface area contributed by atoms with E-state index in [2.05, 4.69) is 40.3 Å². The fourth-order valence-electron chi connectivity index (χ4n) is 2.38. The monoisotopic (exact) mass is 363 g/mol. The van der Waals surface area contributed by atoms with E-state index in [1.807, 2.05) is 36.4 Å². The smallest absolute Gasteiger partial charge is 0.199 e. The van der Waals surface area contributed by atoms with Crippen LogP contribution < -0.4 is 5.32 Å². The van der Waals surface area contributed by atoms with Crippen LogP contribution in [-0.2, 0) is 6.54 Å². The van der Waals surface area contributed by atoms with E-state index < -0.39 is 0 Å². The van der Waals surface area contributed by atoms with E-state index in [9.17, 15) is 0 Å². The number of halogens is 2. The molecule has 0 aliphatic heterocycles. The average Bonchev–Trinajstić information content (AvgIpc) is 2.80. The molecular formula is C17H15BrClNO. The van der Waals surface area contributed by atoms with Gasteiger partial charge >= 0.3 is 0 Å². The Balaban J connectivity index is 1.79. The molecule has 4 heteroatoms. The summed E-state index contributed by atoms with van der Waals surface area (Å²) in [5, 5.41) is 5.03. The maximum Gasteiger partial charge on any atom is 0.199 e. The van der Waals surface area contributed by atoms with E-state index >= 15 is 0 Å². The first kappa shape index (κ1) is 14.6. The molecule has 0 saturated carbocycles. The number of rotatable bonds is 4. The number of hydrogen-bond acceptors (Lipinski definition) is 2. The lowest BCUT2D eigenvalue weighted by molar-refractivity contribution is 0.563. The van der Waals surface area contributed by atoms with Crippen LogP contribution in [0.3, 0.4) is 0 Å². The van der Waals surface area contributed by atoms with E-state index in [4.69, 9.17) is 16.0 Å². The van der Waals surface area contributed by atoms with Crippen LogP contribution in [0.15, 0.2) is 57.4 Å². The summed E-state index contributed by atoms with van der Waals surface area (Å²) in [5.41, 5.74) is 3.07. The highest BCUT2D eigenvalue weighted by Crippen LogP contribution is 2.30. The molecule has 0 aliphatic rings. The van der Waals surface area contributed by atoms with Gasteiger partial charge in [-0.2, -0.15) is 0 Å². The van der Waals surface area contributed by atoms with Crippen molar-refractivity contribution in [2.75, 3.05) is 0 Å². The predicted molar refractivity (Wildman–Crippen MR) is 90.6 cm³/mol. The molecular weight excluding hydrogens is 350 g/mol. The summed E-state index contributed by atoms with van der Waals surface area (Å²) in [4.78, 5) is 0. The van der Waals surface area contributed by atoms with Gasteiger partial charge in [0.1, 0.15) is 5.58 Å². The van der Waals surface area contributed by atoms with Crippen LogP contribution in [0, 0.1) is 0 Å². The lowest BCUT2D eigenvalue weighted by Gasteiger charge is -2.14. The molecule has 1 heterocycles. The lowest BCUT2D eigenvalue weighted by atomic mass is 10.1. The van der Waals surface area contributed by atoms with Gasteiger partial charge in [0.15, 0.2) is 5.22 Å². The summed E-state index contributed by atoms with van der Waals surface area (Å²) in [6.45, 7) is 2.81. The van der Waals surface area contributed by atoms with Gasteiger partial charge in [0.05, 0.1) is 0 Å². The zero-order valence-electron chi connectivity index (χ0n) is 11.6. The highest BCUT2D eigenvalue weighted by atomic mass is 79.9. The Morgan fingerprint density at radius 3 is 2.81 bits per heavy atom. The summed E-state index contributed by atoms with van der Waals surface area (Å²) in [5.74, 6) is 0. The molecule has 0 spiro atoms. The zero-order valence-corrected chi connectivity index (χ0v) is 13.9. The second-order valence-electron chi connectivity index (χ2n) is 5.01. The van der Waals surface area contributed by atoms with Crippen LogP contribution >= 0.6 is 27.5 Å². The fraction of sp³-hybridized carbons (Fsp3) is 0.176. The Morgan fingerprint density at radius 1 is 1.19 bits per heavy atom. The lowest BCUT2D eigenvalue weighted by Crippen LogP contribution is -2.18. The van der Waals surface area contributed by atoms with Crippen LogP contribution in [-0.4, -0.2) is 0 Å². The van der Waals surface area contributed by atoms with Crippen molar-refractivity contribution < 1.29 is 4.42 Å². The number of furan rings is 1. The summed E-state index contributed by atoms with van der Waals surface area (Å²) in [7, 11) is 0. The highest BCUT2D eigenvalue weighted by Gasteiger charge is 2.13. The number of hydrogen-bond donors (Lipinski definition) is 1. The molecule has 1 aromatic heterocycles. The number of para-hydroxylation sites is 1. The topological polar surface area (TPSA) is 25.2 Å². The largest absolute Gasteiger partial charge is 0.444 e. The van der Waals surface area contributed by atoms with Crippen molar-refractivity contribution in [3.05, 3.63) is 69.3 Å². The molecule has 1 N–H and O–H groups in total. The van der Waals surface area contributed by atoms with Crippen molar-refractivity contribution in [3.63, 3.8) is 0 Å². The maximum atomic E-state index is 6.21. The molecule has 0 amide bonds. The highest BCUT2D eigenvalue weighted by molar-refractivity contribution is 9.10. The van der Waals surface area contributed by atoms with Crippen LogP contribution in [0.2, 0.25) is 5.22 Å². The zero-order chi connectivity index (χ0) is 14.8. The minimum atomic E-state index is 0.229. The first-order valence-corrected chi connectivity index (χ1v) is 7.97. The third kappa shape index (κ3) is 3.15. The van der Waals surface area contributed by atoms with Crippen molar-refractivity contribution >= 4 is 38.5 Å². The van der Waals surface area contributed by atoms with E-state index in [-0.39, 0.29) is 6.04 Å². The van der Waals surface area contributed by atoms with Crippen molar-refractivity contribution in [1.29, 1.82) is 0 Å².